The van der Waals surface area contributed by atoms with Gasteiger partial charge >= 0.3 is 18.2 Å². The second kappa shape index (κ2) is 10.0. The fourth-order valence-corrected chi connectivity index (χ4v) is 4.08. The Morgan fingerprint density at radius 1 is 1.14 bits per heavy atom. The third kappa shape index (κ3) is 5.17. The number of nitrogens with zero attached hydrogens (tertiary/aromatic N) is 3. The Kier molecular flexibility index (Phi) is 7.40. The van der Waals surface area contributed by atoms with Gasteiger partial charge in [-0.15, -0.1) is 0 Å². The average molecular weight is 538 g/mol. The number of nitrogens with one attached hydrogen (secondary N) is 1. The molecule has 194 valence electrons. The van der Waals surface area contributed by atoms with Gasteiger partial charge in [-0.05, 0) is 62.5 Å². The second-order valence-corrected chi connectivity index (χ2v) is 8.42. The molecule has 0 aromatic heterocycles. The maximum Gasteiger partial charge on any atom is 0.417 e. The van der Waals surface area contributed by atoms with Gasteiger partial charge < -0.3 is 19.7 Å². The molecule has 0 spiro atoms. The first kappa shape index (κ1) is 27.3. The molecule has 0 aliphatic carbocycles. The third-order valence-electron chi connectivity index (χ3n) is 5.37. The standard InChI is InChI=1S/C23H18F4N4O5S/c1-22(2)19(33)30(13-5-4-12(10-28)16(8-13)23(25,26)27)21(37)31(22)14-6-7-15(17(24)9-14)18(32)35-11-36-20(34)29-3/h4-9H,11H2,1-3H3,(H,29,34). The molecule has 0 bridgehead atoms. The van der Waals surface area contributed by atoms with Crippen LogP contribution >= 0.6 is 12.2 Å². The highest BCUT2D eigenvalue weighted by molar-refractivity contribution is 7.81. The van der Waals surface area contributed by atoms with Crippen molar-refractivity contribution in [3.63, 3.8) is 0 Å². The van der Waals surface area contributed by atoms with Crippen molar-refractivity contribution in [2.24, 2.45) is 0 Å². The molecule has 2 amide bonds. The molecule has 2 aromatic carbocycles. The molecule has 1 heterocycles. The molecular weight excluding hydrogens is 520 g/mol. The van der Waals surface area contributed by atoms with Crippen LogP contribution in [0.2, 0.25) is 0 Å². The molecule has 0 unspecified atom stereocenters. The lowest BCUT2D eigenvalue weighted by Crippen LogP contribution is -2.44. The highest BCUT2D eigenvalue weighted by Crippen LogP contribution is 2.39. The first-order chi connectivity index (χ1) is 17.2. The summed E-state index contributed by atoms with van der Waals surface area (Å²) < 4.78 is 64.4. The Bertz CT molecular complexity index is 1340. The number of ether oxygens (including phenoxy) is 2. The third-order valence-corrected chi connectivity index (χ3v) is 5.74. The lowest BCUT2D eigenvalue weighted by atomic mass is 10.0. The van der Waals surface area contributed by atoms with Crippen LogP contribution in [0.15, 0.2) is 36.4 Å². The normalized spacial score (nSPS) is 14.9. The van der Waals surface area contributed by atoms with E-state index in [9.17, 15) is 31.9 Å². The van der Waals surface area contributed by atoms with Crippen molar-refractivity contribution < 1.29 is 41.4 Å². The Morgan fingerprint density at radius 3 is 2.35 bits per heavy atom. The highest BCUT2D eigenvalue weighted by Gasteiger charge is 2.51. The zero-order valence-corrected chi connectivity index (χ0v) is 20.3. The van der Waals surface area contributed by atoms with Crippen molar-refractivity contribution in [1.29, 1.82) is 5.26 Å². The van der Waals surface area contributed by atoms with Gasteiger partial charge in [0.25, 0.3) is 5.91 Å². The Hall–Kier alpha value is -4.25. The van der Waals surface area contributed by atoms with Gasteiger partial charge in [-0.2, -0.15) is 18.4 Å². The summed E-state index contributed by atoms with van der Waals surface area (Å²) in [7, 11) is 1.29. The number of amides is 2. The van der Waals surface area contributed by atoms with Gasteiger partial charge in [-0.25, -0.2) is 14.0 Å². The number of halogens is 4. The molecule has 37 heavy (non-hydrogen) atoms. The number of rotatable bonds is 5. The van der Waals surface area contributed by atoms with E-state index in [1.165, 1.54) is 37.9 Å². The lowest BCUT2D eigenvalue weighted by molar-refractivity contribution is -0.137. The molecule has 1 fully saturated rings. The first-order valence-electron chi connectivity index (χ1n) is 10.3. The summed E-state index contributed by atoms with van der Waals surface area (Å²) in [5, 5.41) is 10.9. The van der Waals surface area contributed by atoms with Gasteiger partial charge in [0.15, 0.2) is 5.11 Å². The number of hydrogen-bond donors (Lipinski definition) is 1. The second-order valence-electron chi connectivity index (χ2n) is 8.05. The van der Waals surface area contributed by atoms with Crippen LogP contribution in [0.25, 0.3) is 0 Å². The number of alkyl carbamates (subject to hydrolysis) is 1. The zero-order chi connectivity index (χ0) is 27.7. The van der Waals surface area contributed by atoms with Crippen LogP contribution in [0.3, 0.4) is 0 Å². The van der Waals surface area contributed by atoms with E-state index < -0.39 is 59.0 Å². The van der Waals surface area contributed by atoms with E-state index in [4.69, 9.17) is 17.5 Å². The summed E-state index contributed by atoms with van der Waals surface area (Å²) in [6.07, 6.45) is -5.73. The molecule has 1 N–H and O–H groups in total. The summed E-state index contributed by atoms with van der Waals surface area (Å²) in [6.45, 7) is 2.11. The van der Waals surface area contributed by atoms with E-state index >= 15 is 0 Å². The predicted molar refractivity (Wildman–Crippen MR) is 125 cm³/mol. The summed E-state index contributed by atoms with van der Waals surface area (Å²) in [5.74, 6) is -2.89. The topological polar surface area (TPSA) is 112 Å². The van der Waals surface area contributed by atoms with Crippen LogP contribution in [-0.4, -0.2) is 42.5 Å². The van der Waals surface area contributed by atoms with Crippen LogP contribution in [0.4, 0.5) is 33.7 Å². The number of benzene rings is 2. The number of nitriles is 1. The molecule has 1 aliphatic heterocycles. The van der Waals surface area contributed by atoms with Crippen molar-refractivity contribution in [2.45, 2.75) is 25.6 Å². The van der Waals surface area contributed by atoms with E-state index in [1.54, 1.807) is 0 Å². The van der Waals surface area contributed by atoms with Gasteiger partial charge in [0, 0.05) is 12.7 Å². The van der Waals surface area contributed by atoms with Crippen molar-refractivity contribution in [1.82, 2.24) is 5.32 Å². The van der Waals surface area contributed by atoms with Gasteiger partial charge in [-0.1, -0.05) is 0 Å². The molecule has 14 heteroatoms. The molecule has 2 aromatic rings. The fourth-order valence-electron chi connectivity index (χ4n) is 3.55. The monoisotopic (exact) mass is 538 g/mol. The summed E-state index contributed by atoms with van der Waals surface area (Å²) in [5.41, 5.74) is -4.03. The van der Waals surface area contributed by atoms with E-state index in [0.29, 0.717) is 6.07 Å². The Morgan fingerprint density at radius 2 is 1.78 bits per heavy atom. The number of carbonyl (C=O) groups is 3. The SMILES string of the molecule is CNC(=O)OCOC(=O)c1ccc(N2C(=S)N(c3ccc(C#N)c(C(F)(F)F)c3)C(=O)C2(C)C)cc1F. The van der Waals surface area contributed by atoms with Gasteiger partial charge in [0.05, 0.1) is 28.4 Å². The van der Waals surface area contributed by atoms with Crippen LogP contribution in [-0.2, 0) is 20.4 Å². The minimum absolute atomic E-state index is 0.0335. The Balaban J connectivity index is 1.93. The number of anilines is 2. The maximum atomic E-state index is 14.8. The molecule has 0 atom stereocenters. The molecular formula is C23H18F4N4O5S. The highest BCUT2D eigenvalue weighted by atomic mass is 32.1. The zero-order valence-electron chi connectivity index (χ0n) is 19.5. The largest absolute Gasteiger partial charge is 0.424 e. The van der Waals surface area contributed by atoms with E-state index in [1.807, 2.05) is 0 Å². The van der Waals surface area contributed by atoms with Crippen molar-refractivity contribution >= 4 is 46.7 Å². The minimum atomic E-state index is -4.86. The van der Waals surface area contributed by atoms with Crippen LogP contribution in [0.5, 0.6) is 0 Å². The maximum absolute atomic E-state index is 14.8. The quantitative estimate of drug-likeness (QED) is 0.262. The molecule has 1 aliphatic rings. The number of alkyl halides is 3. The molecule has 9 nitrogen and oxygen atoms in total. The van der Waals surface area contributed by atoms with Crippen molar-refractivity contribution in [2.75, 3.05) is 23.6 Å². The predicted octanol–water partition coefficient (Wildman–Crippen LogP) is 4.10. The molecule has 0 saturated carbocycles. The molecule has 1 saturated heterocycles. The smallest absolute Gasteiger partial charge is 0.417 e. The van der Waals surface area contributed by atoms with E-state index in [0.717, 1.165) is 29.2 Å². The number of thiocarbonyl (C=S) groups is 1. The van der Waals surface area contributed by atoms with Crippen LogP contribution in [0.1, 0.15) is 35.3 Å². The minimum Gasteiger partial charge on any atom is -0.424 e. The number of carbonyl (C=O) groups excluding carboxylic acids is 3. The average Bonchev–Trinajstić information content (AvgIpc) is 3.01. The van der Waals surface area contributed by atoms with Gasteiger partial charge in [0.1, 0.15) is 11.4 Å². The van der Waals surface area contributed by atoms with E-state index in [2.05, 4.69) is 14.8 Å². The van der Waals surface area contributed by atoms with Crippen LogP contribution < -0.4 is 15.1 Å². The molecule has 3 rings (SSSR count). The Labute approximate surface area is 213 Å². The van der Waals surface area contributed by atoms with E-state index in [-0.39, 0.29) is 16.5 Å². The van der Waals surface area contributed by atoms with Crippen molar-refractivity contribution in [3.05, 3.63) is 58.9 Å². The number of hydrogen-bond acceptors (Lipinski definition) is 7. The number of esters is 1. The summed E-state index contributed by atoms with van der Waals surface area (Å²) in [4.78, 5) is 38.5. The summed E-state index contributed by atoms with van der Waals surface area (Å²) >= 11 is 5.39. The lowest BCUT2D eigenvalue weighted by Gasteiger charge is -2.29. The van der Waals surface area contributed by atoms with Crippen LogP contribution in [0, 0.1) is 17.1 Å². The summed E-state index contributed by atoms with van der Waals surface area (Å²) in [6, 6.07) is 7.41. The van der Waals surface area contributed by atoms with Gasteiger partial charge in [0.2, 0.25) is 6.79 Å². The first-order valence-corrected chi connectivity index (χ1v) is 10.8. The van der Waals surface area contributed by atoms with Crippen molar-refractivity contribution in [3.8, 4) is 6.07 Å². The van der Waals surface area contributed by atoms with Gasteiger partial charge in [-0.3, -0.25) is 9.69 Å². The fraction of sp³-hybridized carbons (Fsp3) is 0.261. The molecule has 0 radical (unpaired) electrons.